The lowest BCUT2D eigenvalue weighted by atomic mass is 10.1. The van der Waals surface area contributed by atoms with Crippen LogP contribution < -0.4 is 10.6 Å². The van der Waals surface area contributed by atoms with E-state index in [2.05, 4.69) is 25.5 Å². The van der Waals surface area contributed by atoms with E-state index in [0.717, 1.165) is 51.2 Å². The van der Waals surface area contributed by atoms with E-state index < -0.39 is 0 Å². The predicted molar refractivity (Wildman–Crippen MR) is 92.9 cm³/mol. The molecular formula is C17H29N5O. The van der Waals surface area contributed by atoms with Gasteiger partial charge >= 0.3 is 0 Å². The van der Waals surface area contributed by atoms with Crippen molar-refractivity contribution in [3.63, 3.8) is 0 Å². The Morgan fingerprint density at radius 1 is 1.13 bits per heavy atom. The van der Waals surface area contributed by atoms with E-state index in [1.807, 2.05) is 12.3 Å². The molecule has 1 saturated carbocycles. The second kappa shape index (κ2) is 9.03. The van der Waals surface area contributed by atoms with Crippen LogP contribution in [-0.4, -0.2) is 60.3 Å². The lowest BCUT2D eigenvalue weighted by Crippen LogP contribution is -2.39. The maximum Gasteiger partial charge on any atom is 0.224 e. The number of aromatic nitrogens is 2. The van der Waals surface area contributed by atoms with Gasteiger partial charge in [0, 0.05) is 38.4 Å². The van der Waals surface area contributed by atoms with Crippen LogP contribution in [0.25, 0.3) is 0 Å². The van der Waals surface area contributed by atoms with Gasteiger partial charge in [-0.05, 0) is 18.9 Å². The van der Waals surface area contributed by atoms with Crippen LogP contribution in [0, 0.1) is 0 Å². The number of rotatable bonds is 6. The van der Waals surface area contributed by atoms with E-state index in [0.29, 0.717) is 6.04 Å². The van der Waals surface area contributed by atoms with Crippen LogP contribution in [-0.2, 0) is 4.74 Å². The molecule has 1 saturated heterocycles. The monoisotopic (exact) mass is 319 g/mol. The number of hydrogen-bond donors (Lipinski definition) is 2. The summed E-state index contributed by atoms with van der Waals surface area (Å²) in [5.74, 6) is 1.66. The number of anilines is 2. The first-order valence-corrected chi connectivity index (χ1v) is 9.04. The highest BCUT2D eigenvalue weighted by atomic mass is 16.5. The van der Waals surface area contributed by atoms with Crippen LogP contribution in [0.3, 0.4) is 0 Å². The summed E-state index contributed by atoms with van der Waals surface area (Å²) >= 11 is 0. The minimum atomic E-state index is 0.529. The summed E-state index contributed by atoms with van der Waals surface area (Å²) in [6, 6.07) is 2.47. The molecule has 2 aliphatic rings. The molecule has 2 heterocycles. The molecule has 6 heteroatoms. The molecule has 2 N–H and O–H groups in total. The molecule has 3 rings (SSSR count). The van der Waals surface area contributed by atoms with Crippen LogP contribution in [0.5, 0.6) is 0 Å². The number of morpholine rings is 1. The van der Waals surface area contributed by atoms with Gasteiger partial charge in [0.05, 0.1) is 13.2 Å². The van der Waals surface area contributed by atoms with Gasteiger partial charge in [0.15, 0.2) is 0 Å². The molecule has 1 aromatic heterocycles. The Bertz CT molecular complexity index is 456. The number of nitrogens with one attached hydrogen (secondary N) is 2. The Kier molecular flexibility index (Phi) is 6.46. The normalized spacial score (nSPS) is 20.9. The SMILES string of the molecule is c1cc(NCCN2CCOCC2)nc(NC2CCCCCC2)n1. The fourth-order valence-corrected chi connectivity index (χ4v) is 3.30. The molecule has 23 heavy (non-hydrogen) atoms. The summed E-state index contributed by atoms with van der Waals surface area (Å²) < 4.78 is 5.37. The number of ether oxygens (including phenoxy) is 1. The largest absolute Gasteiger partial charge is 0.379 e. The highest BCUT2D eigenvalue weighted by molar-refractivity contribution is 5.39. The highest BCUT2D eigenvalue weighted by Gasteiger charge is 2.13. The minimum absolute atomic E-state index is 0.529. The zero-order valence-electron chi connectivity index (χ0n) is 14.0. The predicted octanol–water partition coefficient (Wildman–Crippen LogP) is 2.36. The third-order valence-electron chi connectivity index (χ3n) is 4.68. The van der Waals surface area contributed by atoms with Gasteiger partial charge in [-0.3, -0.25) is 4.90 Å². The van der Waals surface area contributed by atoms with Crippen LogP contribution in [0.2, 0.25) is 0 Å². The molecular weight excluding hydrogens is 290 g/mol. The summed E-state index contributed by atoms with van der Waals surface area (Å²) in [7, 11) is 0. The van der Waals surface area contributed by atoms with Crippen LogP contribution >= 0.6 is 0 Å². The van der Waals surface area contributed by atoms with Crippen molar-refractivity contribution in [2.45, 2.75) is 44.6 Å². The third-order valence-corrected chi connectivity index (χ3v) is 4.68. The van der Waals surface area contributed by atoms with Crippen molar-refractivity contribution in [2.75, 3.05) is 50.0 Å². The molecule has 0 bridgehead atoms. The van der Waals surface area contributed by atoms with Gasteiger partial charge in [-0.1, -0.05) is 25.7 Å². The fourth-order valence-electron chi connectivity index (χ4n) is 3.30. The summed E-state index contributed by atoms with van der Waals surface area (Å²) in [4.78, 5) is 11.4. The lowest BCUT2D eigenvalue weighted by Gasteiger charge is -2.26. The molecule has 1 aliphatic heterocycles. The first-order valence-electron chi connectivity index (χ1n) is 9.04. The van der Waals surface area contributed by atoms with Crippen molar-refractivity contribution in [1.29, 1.82) is 0 Å². The maximum atomic E-state index is 5.37. The molecule has 0 unspecified atom stereocenters. The van der Waals surface area contributed by atoms with E-state index in [-0.39, 0.29) is 0 Å². The number of nitrogens with zero attached hydrogens (tertiary/aromatic N) is 3. The minimum Gasteiger partial charge on any atom is -0.379 e. The molecule has 128 valence electrons. The first-order chi connectivity index (χ1) is 11.4. The van der Waals surface area contributed by atoms with E-state index in [1.165, 1.54) is 38.5 Å². The summed E-state index contributed by atoms with van der Waals surface area (Å²) in [5.41, 5.74) is 0. The topological polar surface area (TPSA) is 62.3 Å². The first kappa shape index (κ1) is 16.5. The van der Waals surface area contributed by atoms with E-state index in [9.17, 15) is 0 Å². The van der Waals surface area contributed by atoms with Gasteiger partial charge in [0.2, 0.25) is 5.95 Å². The van der Waals surface area contributed by atoms with Gasteiger partial charge in [-0.15, -0.1) is 0 Å². The third kappa shape index (κ3) is 5.62. The molecule has 1 aliphatic carbocycles. The molecule has 0 amide bonds. The average Bonchev–Trinajstić information content (AvgIpc) is 2.85. The van der Waals surface area contributed by atoms with Crippen molar-refractivity contribution >= 4 is 11.8 Å². The molecule has 0 aromatic carbocycles. The van der Waals surface area contributed by atoms with Crippen LogP contribution in [0.1, 0.15) is 38.5 Å². The van der Waals surface area contributed by atoms with E-state index in [1.54, 1.807) is 0 Å². The molecule has 1 aromatic rings. The number of hydrogen-bond acceptors (Lipinski definition) is 6. The van der Waals surface area contributed by atoms with Crippen molar-refractivity contribution in [2.24, 2.45) is 0 Å². The van der Waals surface area contributed by atoms with Gasteiger partial charge < -0.3 is 15.4 Å². The standard InChI is InChI=1S/C17H29N5O/c1-2-4-6-15(5-3-1)20-17-19-8-7-16(21-17)18-9-10-22-11-13-23-14-12-22/h7-8,15H,1-6,9-14H2,(H2,18,19,20,21). The smallest absolute Gasteiger partial charge is 0.224 e. The Labute approximate surface area is 139 Å². The van der Waals surface area contributed by atoms with E-state index in [4.69, 9.17) is 4.74 Å². The quantitative estimate of drug-likeness (QED) is 0.785. The van der Waals surface area contributed by atoms with Crippen LogP contribution in [0.4, 0.5) is 11.8 Å². The zero-order valence-corrected chi connectivity index (χ0v) is 14.0. The second-order valence-electron chi connectivity index (χ2n) is 6.48. The summed E-state index contributed by atoms with van der Waals surface area (Å²) in [6.45, 7) is 5.68. The fraction of sp³-hybridized carbons (Fsp3) is 0.765. The zero-order chi connectivity index (χ0) is 15.7. The van der Waals surface area contributed by atoms with Crippen molar-refractivity contribution in [3.8, 4) is 0 Å². The average molecular weight is 319 g/mol. The Morgan fingerprint density at radius 2 is 1.91 bits per heavy atom. The van der Waals surface area contributed by atoms with Gasteiger partial charge in [-0.25, -0.2) is 4.98 Å². The lowest BCUT2D eigenvalue weighted by molar-refractivity contribution is 0.0398. The van der Waals surface area contributed by atoms with Gasteiger partial charge in [0.25, 0.3) is 0 Å². The van der Waals surface area contributed by atoms with Gasteiger partial charge in [-0.2, -0.15) is 4.98 Å². The van der Waals surface area contributed by atoms with Gasteiger partial charge in [0.1, 0.15) is 5.82 Å². The van der Waals surface area contributed by atoms with Crippen molar-refractivity contribution in [1.82, 2.24) is 14.9 Å². The highest BCUT2D eigenvalue weighted by Crippen LogP contribution is 2.20. The molecule has 0 spiro atoms. The molecule has 0 atom stereocenters. The molecule has 0 radical (unpaired) electrons. The van der Waals surface area contributed by atoms with Crippen molar-refractivity contribution in [3.05, 3.63) is 12.3 Å². The van der Waals surface area contributed by atoms with Crippen LogP contribution in [0.15, 0.2) is 12.3 Å². The molecule has 6 nitrogen and oxygen atoms in total. The Balaban J connectivity index is 1.44. The summed E-state index contributed by atoms with van der Waals surface area (Å²) in [5, 5.41) is 6.92. The Morgan fingerprint density at radius 3 is 2.70 bits per heavy atom. The van der Waals surface area contributed by atoms with E-state index >= 15 is 0 Å². The molecule has 2 fully saturated rings. The Hall–Kier alpha value is -1.40. The van der Waals surface area contributed by atoms with Crippen molar-refractivity contribution < 1.29 is 4.74 Å². The maximum absolute atomic E-state index is 5.37. The second-order valence-corrected chi connectivity index (χ2v) is 6.48. The summed E-state index contributed by atoms with van der Waals surface area (Å²) in [6.07, 6.45) is 9.66.